The van der Waals surface area contributed by atoms with Crippen LogP contribution in [0.15, 0.2) is 18.2 Å². The summed E-state index contributed by atoms with van der Waals surface area (Å²) in [5.41, 5.74) is 0.972. The van der Waals surface area contributed by atoms with Gasteiger partial charge in [0.15, 0.2) is 11.5 Å². The second kappa shape index (κ2) is 8.69. The second-order valence-corrected chi connectivity index (χ2v) is 4.68. The van der Waals surface area contributed by atoms with E-state index < -0.39 is 0 Å². The molecule has 1 amide bonds. The minimum absolute atomic E-state index is 0.0562. The van der Waals surface area contributed by atoms with Gasteiger partial charge < -0.3 is 14.8 Å². The van der Waals surface area contributed by atoms with Crippen LogP contribution in [0.3, 0.4) is 0 Å². The lowest BCUT2D eigenvalue weighted by molar-refractivity contribution is -0.121. The van der Waals surface area contributed by atoms with E-state index in [4.69, 9.17) is 21.1 Å². The average molecular weight is 300 g/mol. The van der Waals surface area contributed by atoms with E-state index in [0.717, 1.165) is 11.3 Å². The van der Waals surface area contributed by atoms with Crippen molar-refractivity contribution in [2.75, 3.05) is 19.1 Å². The SMILES string of the molecule is CCOc1ccc(C(C)NC(=O)CCCl)cc1OCC. The zero-order valence-corrected chi connectivity index (χ0v) is 13.0. The minimum atomic E-state index is -0.0967. The van der Waals surface area contributed by atoms with Gasteiger partial charge in [0.25, 0.3) is 0 Å². The first-order valence-corrected chi connectivity index (χ1v) is 7.40. The largest absolute Gasteiger partial charge is 0.490 e. The van der Waals surface area contributed by atoms with Gasteiger partial charge in [0.05, 0.1) is 19.3 Å². The van der Waals surface area contributed by atoms with Crippen molar-refractivity contribution in [1.29, 1.82) is 0 Å². The Bertz CT molecular complexity index is 437. The predicted molar refractivity (Wildman–Crippen MR) is 80.7 cm³/mol. The van der Waals surface area contributed by atoms with Crippen molar-refractivity contribution < 1.29 is 14.3 Å². The van der Waals surface area contributed by atoms with E-state index in [2.05, 4.69) is 5.32 Å². The van der Waals surface area contributed by atoms with Crippen molar-refractivity contribution in [1.82, 2.24) is 5.32 Å². The van der Waals surface area contributed by atoms with Gasteiger partial charge in [-0.15, -0.1) is 11.6 Å². The molecular weight excluding hydrogens is 278 g/mol. The fourth-order valence-corrected chi connectivity index (χ4v) is 1.99. The summed E-state index contributed by atoms with van der Waals surface area (Å²) >= 11 is 5.55. The number of hydrogen-bond donors (Lipinski definition) is 1. The highest BCUT2D eigenvalue weighted by Gasteiger charge is 2.12. The highest BCUT2D eigenvalue weighted by molar-refractivity contribution is 6.18. The van der Waals surface area contributed by atoms with E-state index in [1.165, 1.54) is 0 Å². The fourth-order valence-electron chi connectivity index (χ4n) is 1.82. The van der Waals surface area contributed by atoms with Crippen LogP contribution >= 0.6 is 11.6 Å². The van der Waals surface area contributed by atoms with Crippen LogP contribution in [0.25, 0.3) is 0 Å². The van der Waals surface area contributed by atoms with Crippen LogP contribution in [0.4, 0.5) is 0 Å². The molecule has 112 valence electrons. The lowest BCUT2D eigenvalue weighted by atomic mass is 10.1. The van der Waals surface area contributed by atoms with Crippen molar-refractivity contribution in [3.05, 3.63) is 23.8 Å². The molecule has 0 spiro atoms. The smallest absolute Gasteiger partial charge is 0.221 e. The molecule has 1 atom stereocenters. The van der Waals surface area contributed by atoms with E-state index >= 15 is 0 Å². The molecule has 0 aliphatic carbocycles. The van der Waals surface area contributed by atoms with Crippen LogP contribution in [-0.2, 0) is 4.79 Å². The maximum Gasteiger partial charge on any atom is 0.221 e. The van der Waals surface area contributed by atoms with Gasteiger partial charge >= 0.3 is 0 Å². The summed E-state index contributed by atoms with van der Waals surface area (Å²) < 4.78 is 11.1. The Morgan fingerprint density at radius 3 is 2.50 bits per heavy atom. The molecule has 1 unspecified atom stereocenters. The van der Waals surface area contributed by atoms with Crippen molar-refractivity contribution in [3.63, 3.8) is 0 Å². The Morgan fingerprint density at radius 1 is 1.25 bits per heavy atom. The second-order valence-electron chi connectivity index (χ2n) is 4.30. The molecule has 0 aromatic heterocycles. The Balaban J connectivity index is 2.84. The molecule has 1 aromatic rings. The van der Waals surface area contributed by atoms with Gasteiger partial charge in [0, 0.05) is 12.3 Å². The molecule has 0 aliphatic rings. The van der Waals surface area contributed by atoms with Gasteiger partial charge in [-0.05, 0) is 38.5 Å². The number of ether oxygens (including phenoxy) is 2. The van der Waals surface area contributed by atoms with Crippen molar-refractivity contribution >= 4 is 17.5 Å². The molecule has 0 heterocycles. The number of hydrogen-bond acceptors (Lipinski definition) is 3. The molecule has 0 fully saturated rings. The van der Waals surface area contributed by atoms with Gasteiger partial charge in [-0.25, -0.2) is 0 Å². The summed E-state index contributed by atoms with van der Waals surface area (Å²) in [6.45, 7) is 6.93. The van der Waals surface area contributed by atoms with Crippen LogP contribution in [0.5, 0.6) is 11.5 Å². The fraction of sp³-hybridized carbons (Fsp3) is 0.533. The highest BCUT2D eigenvalue weighted by atomic mass is 35.5. The first-order chi connectivity index (χ1) is 9.62. The van der Waals surface area contributed by atoms with Gasteiger partial charge in [0.2, 0.25) is 5.91 Å². The monoisotopic (exact) mass is 299 g/mol. The summed E-state index contributed by atoms with van der Waals surface area (Å²) in [6.07, 6.45) is 0.321. The van der Waals surface area contributed by atoms with E-state index in [9.17, 15) is 4.79 Å². The molecule has 0 bridgehead atoms. The number of nitrogens with one attached hydrogen (secondary N) is 1. The number of carbonyl (C=O) groups is 1. The third kappa shape index (κ3) is 4.93. The Morgan fingerprint density at radius 2 is 1.90 bits per heavy atom. The Kier molecular flexibility index (Phi) is 7.23. The molecule has 0 radical (unpaired) electrons. The highest BCUT2D eigenvalue weighted by Crippen LogP contribution is 2.30. The molecule has 20 heavy (non-hydrogen) atoms. The predicted octanol–water partition coefficient (Wildman–Crippen LogP) is 3.29. The lowest BCUT2D eigenvalue weighted by Crippen LogP contribution is -2.26. The third-order valence-electron chi connectivity index (χ3n) is 2.77. The zero-order valence-electron chi connectivity index (χ0n) is 12.2. The van der Waals surface area contributed by atoms with Crippen molar-refractivity contribution in [2.24, 2.45) is 0 Å². The summed E-state index contributed by atoms with van der Waals surface area (Å²) in [7, 11) is 0. The number of rotatable bonds is 8. The minimum Gasteiger partial charge on any atom is -0.490 e. The maximum atomic E-state index is 11.6. The van der Waals surface area contributed by atoms with E-state index in [1.54, 1.807) is 0 Å². The van der Waals surface area contributed by atoms with Crippen molar-refractivity contribution in [3.8, 4) is 11.5 Å². The number of carbonyl (C=O) groups excluding carboxylic acids is 1. The van der Waals surface area contributed by atoms with Crippen LogP contribution in [0.2, 0.25) is 0 Å². The molecule has 5 heteroatoms. The molecule has 0 saturated carbocycles. The van der Waals surface area contributed by atoms with Gasteiger partial charge in [-0.3, -0.25) is 4.79 Å². The zero-order chi connectivity index (χ0) is 15.0. The molecule has 0 aliphatic heterocycles. The van der Waals surface area contributed by atoms with Gasteiger partial charge in [0.1, 0.15) is 0 Å². The maximum absolute atomic E-state index is 11.6. The first kappa shape index (κ1) is 16.6. The normalized spacial score (nSPS) is 11.8. The van der Waals surface area contributed by atoms with Crippen LogP contribution in [0, 0.1) is 0 Å². The topological polar surface area (TPSA) is 47.6 Å². The number of benzene rings is 1. The average Bonchev–Trinajstić information content (AvgIpc) is 2.41. The van der Waals surface area contributed by atoms with E-state index in [1.807, 2.05) is 39.0 Å². The van der Waals surface area contributed by atoms with E-state index in [-0.39, 0.29) is 11.9 Å². The standard InChI is InChI=1S/C15H22ClNO3/c1-4-19-13-7-6-12(10-14(13)20-5-2)11(3)17-15(18)8-9-16/h6-7,10-11H,4-5,8-9H2,1-3H3,(H,17,18). The molecule has 4 nitrogen and oxygen atoms in total. The number of amides is 1. The quantitative estimate of drug-likeness (QED) is 0.749. The third-order valence-corrected chi connectivity index (χ3v) is 2.96. The van der Waals surface area contributed by atoms with Crippen LogP contribution in [0.1, 0.15) is 38.8 Å². The van der Waals surface area contributed by atoms with E-state index in [0.29, 0.717) is 31.3 Å². The molecule has 0 saturated heterocycles. The molecule has 1 aromatic carbocycles. The molecule has 1 N–H and O–H groups in total. The number of halogens is 1. The molecule has 1 rings (SSSR count). The molecular formula is C15H22ClNO3. The van der Waals surface area contributed by atoms with Gasteiger partial charge in [-0.2, -0.15) is 0 Å². The van der Waals surface area contributed by atoms with Crippen LogP contribution < -0.4 is 14.8 Å². The summed E-state index contributed by atoms with van der Waals surface area (Å²) in [4.78, 5) is 11.6. The van der Waals surface area contributed by atoms with Crippen molar-refractivity contribution in [2.45, 2.75) is 33.2 Å². The summed E-state index contributed by atoms with van der Waals surface area (Å²) in [6, 6.07) is 5.61. The van der Waals surface area contributed by atoms with Crippen LogP contribution in [-0.4, -0.2) is 25.0 Å². The Labute approximate surface area is 125 Å². The first-order valence-electron chi connectivity index (χ1n) is 6.87. The number of alkyl halides is 1. The lowest BCUT2D eigenvalue weighted by Gasteiger charge is -2.17. The van der Waals surface area contributed by atoms with Gasteiger partial charge in [-0.1, -0.05) is 6.07 Å². The summed E-state index contributed by atoms with van der Waals surface area (Å²) in [5.74, 6) is 1.69. The summed E-state index contributed by atoms with van der Waals surface area (Å²) in [5, 5.41) is 2.90. The Hall–Kier alpha value is -1.42.